The van der Waals surface area contributed by atoms with Crippen molar-refractivity contribution in [2.24, 2.45) is 0 Å². The largest absolute Gasteiger partial charge is 0.352 e. The highest BCUT2D eigenvalue weighted by Gasteiger charge is 2.23. The van der Waals surface area contributed by atoms with Gasteiger partial charge >= 0.3 is 0 Å². The minimum atomic E-state index is 0.0768. The average molecular weight is 276 g/mol. The number of carbonyl (C=O) groups is 1. The van der Waals surface area contributed by atoms with Gasteiger partial charge in [-0.1, -0.05) is 6.92 Å². The third kappa shape index (κ3) is 4.20. The molecule has 1 heterocycles. The number of aryl methyl sites for hydroxylation is 1. The van der Waals surface area contributed by atoms with E-state index in [4.69, 9.17) is 0 Å². The fraction of sp³-hybridized carbons (Fsp3) is 0.600. The Balaban J connectivity index is 1.94. The minimum Gasteiger partial charge on any atom is -0.352 e. The van der Waals surface area contributed by atoms with Gasteiger partial charge < -0.3 is 15.5 Å². The van der Waals surface area contributed by atoms with Crippen LogP contribution in [0.5, 0.6) is 0 Å². The number of likely N-dealkylation sites (N-methyl/N-ethyl adjacent to an activating group) is 1. The predicted octanol–water partition coefficient (Wildman–Crippen LogP) is 1.21. The van der Waals surface area contributed by atoms with Crippen LogP contribution in [0, 0.1) is 6.92 Å². The maximum atomic E-state index is 11.8. The quantitative estimate of drug-likeness (QED) is 0.786. The molecule has 1 aliphatic rings. The number of anilines is 1. The summed E-state index contributed by atoms with van der Waals surface area (Å²) < 4.78 is 0. The lowest BCUT2D eigenvalue weighted by Gasteiger charge is -2.20. The highest BCUT2D eigenvalue weighted by atomic mass is 16.2. The summed E-state index contributed by atoms with van der Waals surface area (Å²) in [5.74, 6) is 0.948. The lowest BCUT2D eigenvalue weighted by Crippen LogP contribution is -2.36. The molecule has 1 aromatic heterocycles. The van der Waals surface area contributed by atoms with E-state index in [9.17, 15) is 4.79 Å². The minimum absolute atomic E-state index is 0.0768. The number of amides is 1. The van der Waals surface area contributed by atoms with Crippen LogP contribution in [-0.4, -0.2) is 37.1 Å². The number of hydrogen-bond acceptors (Lipinski definition) is 4. The third-order valence-electron chi connectivity index (χ3n) is 3.37. The van der Waals surface area contributed by atoms with Gasteiger partial charge in [0.25, 0.3) is 0 Å². The van der Waals surface area contributed by atoms with E-state index in [-0.39, 0.29) is 5.91 Å². The van der Waals surface area contributed by atoms with E-state index in [1.807, 2.05) is 25.1 Å². The molecule has 0 atom stereocenters. The van der Waals surface area contributed by atoms with Gasteiger partial charge in [0, 0.05) is 25.8 Å². The first-order valence-electron chi connectivity index (χ1n) is 7.27. The van der Waals surface area contributed by atoms with E-state index in [0.29, 0.717) is 12.6 Å². The molecule has 2 rings (SSSR count). The molecule has 1 fully saturated rings. The zero-order valence-electron chi connectivity index (χ0n) is 12.6. The standard InChI is InChI=1S/C15H24N4O/c1-4-16-8-12-7-11(2)15(17-9-12)19(3)10-14(20)18-13-5-6-13/h7,9,13,16H,4-6,8,10H2,1-3H3,(H,18,20). The SMILES string of the molecule is CCNCc1cnc(N(C)CC(=O)NC2CC2)c(C)c1. The summed E-state index contributed by atoms with van der Waals surface area (Å²) in [5.41, 5.74) is 2.27. The number of carbonyl (C=O) groups excluding carboxylic acids is 1. The number of aromatic nitrogens is 1. The Morgan fingerprint density at radius 1 is 1.50 bits per heavy atom. The van der Waals surface area contributed by atoms with Gasteiger partial charge in [-0.15, -0.1) is 0 Å². The Morgan fingerprint density at radius 3 is 2.85 bits per heavy atom. The number of hydrogen-bond donors (Lipinski definition) is 2. The molecule has 0 radical (unpaired) electrons. The van der Waals surface area contributed by atoms with Crippen LogP contribution in [0.3, 0.4) is 0 Å². The topological polar surface area (TPSA) is 57.3 Å². The molecule has 5 heteroatoms. The summed E-state index contributed by atoms with van der Waals surface area (Å²) in [6.07, 6.45) is 4.11. The van der Waals surface area contributed by atoms with Gasteiger partial charge in [0.2, 0.25) is 5.91 Å². The summed E-state index contributed by atoms with van der Waals surface area (Å²) in [5, 5.41) is 6.28. The molecule has 20 heavy (non-hydrogen) atoms. The molecule has 0 saturated heterocycles. The van der Waals surface area contributed by atoms with E-state index in [2.05, 4.69) is 28.6 Å². The van der Waals surface area contributed by atoms with Crippen LogP contribution in [0.2, 0.25) is 0 Å². The van der Waals surface area contributed by atoms with Crippen LogP contribution >= 0.6 is 0 Å². The fourth-order valence-corrected chi connectivity index (χ4v) is 2.18. The Kier molecular flexibility index (Phi) is 4.95. The molecule has 0 bridgehead atoms. The molecule has 0 unspecified atom stereocenters. The Bertz CT molecular complexity index is 471. The first-order chi connectivity index (χ1) is 9.60. The van der Waals surface area contributed by atoms with E-state index in [1.165, 1.54) is 5.56 Å². The summed E-state index contributed by atoms with van der Waals surface area (Å²) in [4.78, 5) is 18.2. The lowest BCUT2D eigenvalue weighted by atomic mass is 10.2. The average Bonchev–Trinajstić information content (AvgIpc) is 3.19. The molecular weight excluding hydrogens is 252 g/mol. The third-order valence-corrected chi connectivity index (χ3v) is 3.37. The summed E-state index contributed by atoms with van der Waals surface area (Å²) in [6, 6.07) is 2.53. The van der Waals surface area contributed by atoms with E-state index < -0.39 is 0 Å². The van der Waals surface area contributed by atoms with E-state index in [1.54, 1.807) is 0 Å². The molecule has 5 nitrogen and oxygen atoms in total. The molecule has 0 aliphatic heterocycles. The van der Waals surface area contributed by atoms with Crippen molar-refractivity contribution in [3.05, 3.63) is 23.4 Å². The molecule has 2 N–H and O–H groups in total. The summed E-state index contributed by atoms with van der Waals surface area (Å²) in [6.45, 7) is 6.25. The van der Waals surface area contributed by atoms with Crippen molar-refractivity contribution in [3.63, 3.8) is 0 Å². The number of nitrogens with one attached hydrogen (secondary N) is 2. The summed E-state index contributed by atoms with van der Waals surface area (Å²) in [7, 11) is 1.91. The molecular formula is C15H24N4O. The van der Waals surface area contributed by atoms with Crippen LogP contribution in [0.25, 0.3) is 0 Å². The van der Waals surface area contributed by atoms with E-state index in [0.717, 1.165) is 37.3 Å². The van der Waals surface area contributed by atoms with Gasteiger partial charge in [-0.05, 0) is 43.5 Å². The first kappa shape index (κ1) is 14.8. The van der Waals surface area contributed by atoms with E-state index >= 15 is 0 Å². The van der Waals surface area contributed by atoms with Crippen molar-refractivity contribution in [2.45, 2.75) is 39.3 Å². The van der Waals surface area contributed by atoms with Crippen molar-refractivity contribution < 1.29 is 4.79 Å². The van der Waals surface area contributed by atoms with Crippen LogP contribution in [0.15, 0.2) is 12.3 Å². The second-order valence-corrected chi connectivity index (χ2v) is 5.46. The van der Waals surface area contributed by atoms with Crippen LogP contribution in [0.1, 0.15) is 30.9 Å². The Hall–Kier alpha value is -1.62. The van der Waals surface area contributed by atoms with Crippen LogP contribution < -0.4 is 15.5 Å². The maximum Gasteiger partial charge on any atom is 0.239 e. The fourth-order valence-electron chi connectivity index (χ4n) is 2.18. The number of pyridine rings is 1. The van der Waals surface area contributed by atoms with Crippen molar-refractivity contribution in [3.8, 4) is 0 Å². The van der Waals surface area contributed by atoms with Crippen molar-refractivity contribution in [1.29, 1.82) is 0 Å². The molecule has 0 aromatic carbocycles. The summed E-state index contributed by atoms with van der Waals surface area (Å²) >= 11 is 0. The Morgan fingerprint density at radius 2 is 2.25 bits per heavy atom. The normalized spacial score (nSPS) is 14.2. The molecule has 0 spiro atoms. The van der Waals surface area contributed by atoms with Crippen LogP contribution in [-0.2, 0) is 11.3 Å². The van der Waals surface area contributed by atoms with Crippen LogP contribution in [0.4, 0.5) is 5.82 Å². The van der Waals surface area contributed by atoms with Crippen molar-refractivity contribution >= 4 is 11.7 Å². The van der Waals surface area contributed by atoms with Gasteiger partial charge in [-0.2, -0.15) is 0 Å². The van der Waals surface area contributed by atoms with Gasteiger partial charge in [-0.3, -0.25) is 4.79 Å². The maximum absolute atomic E-state index is 11.8. The second kappa shape index (κ2) is 6.70. The zero-order valence-corrected chi connectivity index (χ0v) is 12.6. The highest BCUT2D eigenvalue weighted by molar-refractivity contribution is 5.81. The second-order valence-electron chi connectivity index (χ2n) is 5.46. The molecule has 110 valence electrons. The number of nitrogens with zero attached hydrogens (tertiary/aromatic N) is 2. The van der Waals surface area contributed by atoms with Gasteiger partial charge in [0.15, 0.2) is 0 Å². The molecule has 1 saturated carbocycles. The molecule has 1 amide bonds. The molecule has 1 aliphatic carbocycles. The molecule has 1 aromatic rings. The lowest BCUT2D eigenvalue weighted by molar-refractivity contribution is -0.119. The smallest absolute Gasteiger partial charge is 0.239 e. The first-order valence-corrected chi connectivity index (χ1v) is 7.27. The van der Waals surface area contributed by atoms with Crippen molar-refractivity contribution in [2.75, 3.05) is 25.0 Å². The zero-order chi connectivity index (χ0) is 14.5. The Labute approximate surface area is 120 Å². The monoisotopic (exact) mass is 276 g/mol. The van der Waals surface area contributed by atoms with Gasteiger partial charge in [-0.25, -0.2) is 4.98 Å². The number of rotatable bonds is 7. The predicted molar refractivity (Wildman–Crippen MR) is 80.8 cm³/mol. The highest BCUT2D eigenvalue weighted by Crippen LogP contribution is 2.19. The van der Waals surface area contributed by atoms with Gasteiger partial charge in [0.05, 0.1) is 6.54 Å². The van der Waals surface area contributed by atoms with Crippen molar-refractivity contribution in [1.82, 2.24) is 15.6 Å². The van der Waals surface area contributed by atoms with Gasteiger partial charge in [0.1, 0.15) is 5.82 Å².